The quantitative estimate of drug-likeness (QED) is 0.533. The molecule has 0 aliphatic carbocycles. The number of aryl methyl sites for hydroxylation is 1. The molecular formula is C26H39N3O3. The molecule has 2 aromatic rings. The van der Waals surface area contributed by atoms with Crippen LogP contribution in [0.3, 0.4) is 0 Å². The molecule has 0 unspecified atom stereocenters. The van der Waals surface area contributed by atoms with Crippen molar-refractivity contribution < 1.29 is 14.3 Å². The van der Waals surface area contributed by atoms with E-state index in [2.05, 4.69) is 40.3 Å². The maximum atomic E-state index is 11.7. The van der Waals surface area contributed by atoms with Gasteiger partial charge in [0.25, 0.3) is 0 Å². The minimum atomic E-state index is -0.341. The van der Waals surface area contributed by atoms with Crippen LogP contribution in [0.15, 0.2) is 30.5 Å². The van der Waals surface area contributed by atoms with E-state index in [4.69, 9.17) is 9.47 Å². The molecule has 6 nitrogen and oxygen atoms in total. The number of pyridine rings is 1. The first-order valence-corrected chi connectivity index (χ1v) is 12.1. The molecule has 1 saturated heterocycles. The highest BCUT2D eigenvalue weighted by molar-refractivity contribution is 5.85. The van der Waals surface area contributed by atoms with Gasteiger partial charge in [-0.15, -0.1) is 0 Å². The third-order valence-corrected chi connectivity index (χ3v) is 5.71. The van der Waals surface area contributed by atoms with Crippen LogP contribution in [0.4, 0.5) is 4.79 Å². The minimum Gasteiger partial charge on any atom is -0.488 e. The maximum Gasteiger partial charge on any atom is 0.407 e. The summed E-state index contributed by atoms with van der Waals surface area (Å²) in [5, 5.41) is 3.97. The second-order valence-electron chi connectivity index (χ2n) is 9.80. The molecule has 176 valence electrons. The number of carbonyl (C=O) groups is 1. The number of hydrogen-bond acceptors (Lipinski definition) is 5. The largest absolute Gasteiger partial charge is 0.488 e. The zero-order valence-corrected chi connectivity index (χ0v) is 20.2. The molecule has 3 rings (SSSR count). The Kier molecular flexibility index (Phi) is 8.74. The van der Waals surface area contributed by atoms with Gasteiger partial charge in [-0.3, -0.25) is 4.98 Å². The summed E-state index contributed by atoms with van der Waals surface area (Å²) >= 11 is 0. The third kappa shape index (κ3) is 7.66. The minimum absolute atomic E-state index is 0.215. The van der Waals surface area contributed by atoms with Gasteiger partial charge in [0.15, 0.2) is 0 Å². The van der Waals surface area contributed by atoms with Crippen LogP contribution in [0.25, 0.3) is 10.9 Å². The van der Waals surface area contributed by atoms with Gasteiger partial charge in [0.1, 0.15) is 17.4 Å². The van der Waals surface area contributed by atoms with Crippen LogP contribution in [0.5, 0.6) is 5.75 Å². The average molecular weight is 442 g/mol. The van der Waals surface area contributed by atoms with Crippen molar-refractivity contribution >= 4 is 17.0 Å². The Morgan fingerprint density at radius 3 is 2.72 bits per heavy atom. The van der Waals surface area contributed by atoms with Crippen molar-refractivity contribution in [2.75, 3.05) is 26.2 Å². The van der Waals surface area contributed by atoms with Crippen LogP contribution in [0.2, 0.25) is 0 Å². The summed E-state index contributed by atoms with van der Waals surface area (Å²) in [5.74, 6) is 0.922. The van der Waals surface area contributed by atoms with Gasteiger partial charge in [0, 0.05) is 36.8 Å². The normalized spacial score (nSPS) is 15.6. The molecule has 0 bridgehead atoms. The van der Waals surface area contributed by atoms with Gasteiger partial charge in [0.2, 0.25) is 0 Å². The summed E-state index contributed by atoms with van der Waals surface area (Å²) in [7, 11) is 0. The van der Waals surface area contributed by atoms with Crippen molar-refractivity contribution in [3.8, 4) is 5.75 Å². The van der Waals surface area contributed by atoms with E-state index in [1.54, 1.807) is 0 Å². The van der Waals surface area contributed by atoms with Gasteiger partial charge >= 0.3 is 6.09 Å². The Balaban J connectivity index is 1.46. The van der Waals surface area contributed by atoms with Crippen LogP contribution >= 0.6 is 0 Å². The molecule has 0 spiro atoms. The highest BCUT2D eigenvalue weighted by atomic mass is 16.5. The van der Waals surface area contributed by atoms with Crippen molar-refractivity contribution in [3.63, 3.8) is 0 Å². The fourth-order valence-electron chi connectivity index (χ4n) is 4.06. The number of hydrogen-bond donors (Lipinski definition) is 1. The lowest BCUT2D eigenvalue weighted by Crippen LogP contribution is -2.41. The molecule has 1 aliphatic heterocycles. The van der Waals surface area contributed by atoms with Crippen LogP contribution in [0.1, 0.15) is 65.4 Å². The first-order valence-electron chi connectivity index (χ1n) is 12.1. The highest BCUT2D eigenvalue weighted by Crippen LogP contribution is 2.29. The van der Waals surface area contributed by atoms with Gasteiger partial charge in [-0.25, -0.2) is 4.79 Å². The number of nitrogens with one attached hydrogen (secondary N) is 1. The van der Waals surface area contributed by atoms with E-state index >= 15 is 0 Å². The van der Waals surface area contributed by atoms with Crippen molar-refractivity contribution in [2.24, 2.45) is 0 Å². The number of ether oxygens (including phenoxy) is 2. The van der Waals surface area contributed by atoms with E-state index < -0.39 is 0 Å². The monoisotopic (exact) mass is 441 g/mol. The average Bonchev–Trinajstić information content (AvgIpc) is 2.75. The molecule has 1 aliphatic rings. The summed E-state index contributed by atoms with van der Waals surface area (Å²) < 4.78 is 11.8. The summed E-state index contributed by atoms with van der Waals surface area (Å²) in [5.41, 5.74) is 2.02. The summed E-state index contributed by atoms with van der Waals surface area (Å²) in [6.07, 6.45) is 8.00. The second-order valence-corrected chi connectivity index (χ2v) is 9.80. The van der Waals surface area contributed by atoms with Gasteiger partial charge in [-0.05, 0) is 76.6 Å². The number of unbranched alkanes of at least 4 members (excludes halogenated alkanes) is 1. The molecule has 0 radical (unpaired) electrons. The summed E-state index contributed by atoms with van der Waals surface area (Å²) in [4.78, 5) is 18.7. The summed E-state index contributed by atoms with van der Waals surface area (Å²) in [6, 6.07) is 8.55. The highest BCUT2D eigenvalue weighted by Gasteiger charge is 2.22. The first kappa shape index (κ1) is 24.3. The summed E-state index contributed by atoms with van der Waals surface area (Å²) in [6.45, 7) is 11.4. The number of aromatic nitrogens is 1. The molecule has 0 atom stereocenters. The fraction of sp³-hybridized carbons (Fsp3) is 0.615. The Morgan fingerprint density at radius 1 is 1.22 bits per heavy atom. The molecule has 2 heterocycles. The van der Waals surface area contributed by atoms with Gasteiger partial charge in [-0.2, -0.15) is 0 Å². The van der Waals surface area contributed by atoms with E-state index in [0.717, 1.165) is 62.0 Å². The molecule has 1 amide bonds. The Hall–Kier alpha value is -2.34. The first-order chi connectivity index (χ1) is 15.3. The molecule has 1 aromatic carbocycles. The Morgan fingerprint density at radius 2 is 2.00 bits per heavy atom. The lowest BCUT2D eigenvalue weighted by atomic mass is 10.0. The number of fused-ring (bicyclic) bond motifs is 1. The SMILES string of the molecule is CCCCc1cc(OC2CCN(CCCOC(=O)NC(C)(C)C)CC2)c2ncccc2c1. The van der Waals surface area contributed by atoms with E-state index in [1.165, 1.54) is 18.4 Å². The zero-order chi connectivity index (χ0) is 23.0. The molecule has 0 saturated carbocycles. The number of rotatable bonds is 9. The Labute approximate surface area is 192 Å². The number of carbonyl (C=O) groups excluding carboxylic acids is 1. The van der Waals surface area contributed by atoms with Crippen molar-refractivity contribution in [1.82, 2.24) is 15.2 Å². The number of likely N-dealkylation sites (tertiary alicyclic amines) is 1. The predicted octanol–water partition coefficient (Wildman–Crippen LogP) is 5.34. The van der Waals surface area contributed by atoms with Crippen molar-refractivity contribution in [2.45, 2.75) is 77.9 Å². The van der Waals surface area contributed by atoms with Crippen LogP contribution in [-0.4, -0.2) is 53.9 Å². The number of benzene rings is 1. The number of piperidine rings is 1. The Bertz CT molecular complexity index is 870. The molecule has 1 N–H and O–H groups in total. The number of alkyl carbamates (subject to hydrolysis) is 1. The van der Waals surface area contributed by atoms with E-state index in [1.807, 2.05) is 33.0 Å². The van der Waals surface area contributed by atoms with Crippen molar-refractivity contribution in [1.29, 1.82) is 0 Å². The molecular weight excluding hydrogens is 402 g/mol. The molecule has 6 heteroatoms. The van der Waals surface area contributed by atoms with E-state index in [9.17, 15) is 4.79 Å². The van der Waals surface area contributed by atoms with Gasteiger partial charge in [0.05, 0.1) is 6.61 Å². The third-order valence-electron chi connectivity index (χ3n) is 5.71. The van der Waals surface area contributed by atoms with E-state index in [-0.39, 0.29) is 17.7 Å². The predicted molar refractivity (Wildman–Crippen MR) is 129 cm³/mol. The number of nitrogens with zero attached hydrogens (tertiary/aromatic N) is 2. The van der Waals surface area contributed by atoms with Gasteiger partial charge < -0.3 is 19.7 Å². The smallest absolute Gasteiger partial charge is 0.407 e. The lowest BCUT2D eigenvalue weighted by molar-refractivity contribution is 0.0926. The van der Waals surface area contributed by atoms with Crippen LogP contribution in [0, 0.1) is 0 Å². The van der Waals surface area contributed by atoms with E-state index in [0.29, 0.717) is 6.61 Å². The lowest BCUT2D eigenvalue weighted by Gasteiger charge is -2.32. The van der Waals surface area contributed by atoms with Gasteiger partial charge in [-0.1, -0.05) is 19.4 Å². The second kappa shape index (κ2) is 11.5. The standard InChI is InChI=1S/C26H39N3O3/c1-5-6-9-20-18-21-10-7-13-27-24(21)23(19-20)32-22-11-15-29(16-12-22)14-8-17-31-25(30)28-26(2,3)4/h7,10,13,18-19,22H,5-6,8-9,11-12,14-17H2,1-4H3,(H,28,30). The number of amides is 1. The molecule has 32 heavy (non-hydrogen) atoms. The van der Waals surface area contributed by atoms with Crippen LogP contribution < -0.4 is 10.1 Å². The topological polar surface area (TPSA) is 63.7 Å². The molecule has 1 aromatic heterocycles. The maximum absolute atomic E-state index is 11.7. The molecule has 1 fully saturated rings. The van der Waals surface area contributed by atoms with Crippen LogP contribution in [-0.2, 0) is 11.2 Å². The van der Waals surface area contributed by atoms with Crippen molar-refractivity contribution in [3.05, 3.63) is 36.0 Å². The fourth-order valence-corrected chi connectivity index (χ4v) is 4.06. The zero-order valence-electron chi connectivity index (χ0n) is 20.2.